The van der Waals surface area contributed by atoms with Crippen molar-refractivity contribution in [1.29, 1.82) is 0 Å². The Morgan fingerprint density at radius 1 is 1.25 bits per heavy atom. The van der Waals surface area contributed by atoms with E-state index in [2.05, 4.69) is 9.97 Å². The van der Waals surface area contributed by atoms with Crippen LogP contribution in [-0.4, -0.2) is 62.9 Å². The highest BCUT2D eigenvalue weighted by Gasteiger charge is 2.24. The summed E-state index contributed by atoms with van der Waals surface area (Å²) in [4.78, 5) is 27.0. The van der Waals surface area contributed by atoms with Gasteiger partial charge in [0.25, 0.3) is 0 Å². The van der Waals surface area contributed by atoms with Gasteiger partial charge in [-0.25, -0.2) is 19.7 Å². The number of carbonyl (C=O) groups is 1. The van der Waals surface area contributed by atoms with Gasteiger partial charge in [-0.15, -0.1) is 0 Å². The number of nitrogens with two attached hydrogens (primary N) is 1. The first kappa shape index (κ1) is 22.0. The summed E-state index contributed by atoms with van der Waals surface area (Å²) in [5.41, 5.74) is 6.64. The lowest BCUT2D eigenvalue weighted by molar-refractivity contribution is 0.122. The van der Waals surface area contributed by atoms with Crippen LogP contribution in [0.4, 0.5) is 10.6 Å². The summed E-state index contributed by atoms with van der Waals surface area (Å²) in [6.07, 6.45) is 3.49. The van der Waals surface area contributed by atoms with E-state index in [1.807, 2.05) is 22.8 Å². The third kappa shape index (κ3) is 4.67. The highest BCUT2D eigenvalue weighted by Crippen LogP contribution is 2.38. The third-order valence-electron chi connectivity index (χ3n) is 5.71. The standard InChI is InChI=1S/C21H26N6O4S/c1-30-14-3-4-15(31-2)16(11-14)32-20-24-17-18(22)23-12-27(19(17)25-20)10-7-13-5-8-26(9-6-13)21(28)29/h3-4,11-13H,5-10,22H2,1-2H3,(H,28,29). The molecule has 3 aliphatic rings. The number of fused-ring (bicyclic) bond motifs is 1. The average molecular weight is 459 g/mol. The number of benzene rings is 1. The molecular formula is C21H26N6O4S. The van der Waals surface area contributed by atoms with Gasteiger partial charge in [-0.05, 0) is 55.1 Å². The van der Waals surface area contributed by atoms with Crippen LogP contribution in [0.25, 0.3) is 11.5 Å². The molecule has 11 heteroatoms. The summed E-state index contributed by atoms with van der Waals surface area (Å²) in [7, 11) is 3.23. The summed E-state index contributed by atoms with van der Waals surface area (Å²) >= 11 is 1.38. The Balaban J connectivity index is 1.51. The molecule has 32 heavy (non-hydrogen) atoms. The summed E-state index contributed by atoms with van der Waals surface area (Å²) in [6, 6.07) is 5.56. The van der Waals surface area contributed by atoms with Crippen LogP contribution >= 0.6 is 11.8 Å². The molecule has 3 heterocycles. The van der Waals surface area contributed by atoms with E-state index in [0.717, 1.165) is 29.9 Å². The van der Waals surface area contributed by atoms with E-state index in [0.29, 0.717) is 53.8 Å². The lowest BCUT2D eigenvalue weighted by atomic mass is 9.94. The van der Waals surface area contributed by atoms with E-state index < -0.39 is 6.09 Å². The number of methoxy groups -OCH3 is 2. The number of piperidine rings is 1. The molecule has 1 saturated heterocycles. The maximum atomic E-state index is 11.1. The van der Waals surface area contributed by atoms with Gasteiger partial charge in [0, 0.05) is 19.6 Å². The Labute approximate surface area is 190 Å². The number of aryl methyl sites for hydroxylation is 1. The Morgan fingerprint density at radius 3 is 2.72 bits per heavy atom. The number of nitrogen functional groups attached to an aromatic ring is 1. The summed E-state index contributed by atoms with van der Waals surface area (Å²) in [6.45, 7) is 1.88. The second kappa shape index (κ2) is 9.51. The lowest BCUT2D eigenvalue weighted by Gasteiger charge is -2.30. The molecule has 3 N–H and O–H groups in total. The maximum absolute atomic E-state index is 11.1. The first-order valence-corrected chi connectivity index (χ1v) is 11.2. The normalized spacial score (nSPS) is 14.6. The average Bonchev–Trinajstić information content (AvgIpc) is 3.23. The fourth-order valence-electron chi connectivity index (χ4n) is 3.84. The quantitative estimate of drug-likeness (QED) is 0.548. The van der Waals surface area contributed by atoms with Gasteiger partial charge in [-0.3, -0.25) is 0 Å². The van der Waals surface area contributed by atoms with E-state index in [4.69, 9.17) is 25.3 Å². The summed E-state index contributed by atoms with van der Waals surface area (Å²) in [5.74, 6) is 2.90. The van der Waals surface area contributed by atoms with Crippen molar-refractivity contribution >= 4 is 23.7 Å². The number of rotatable bonds is 7. The minimum absolute atomic E-state index is 0.336. The van der Waals surface area contributed by atoms with Crippen LogP contribution in [0.2, 0.25) is 0 Å². The summed E-state index contributed by atoms with van der Waals surface area (Å²) < 4.78 is 12.7. The van der Waals surface area contributed by atoms with Crippen LogP contribution < -0.4 is 15.2 Å². The number of imidazole rings is 1. The van der Waals surface area contributed by atoms with Crippen molar-refractivity contribution in [3.8, 4) is 23.0 Å². The van der Waals surface area contributed by atoms with Gasteiger partial charge in [-0.1, -0.05) is 0 Å². The topological polar surface area (TPSA) is 129 Å². The molecule has 10 nitrogen and oxygen atoms in total. The molecule has 3 aliphatic heterocycles. The number of anilines is 1. The zero-order chi connectivity index (χ0) is 22.7. The fraction of sp³-hybridized carbons (Fsp3) is 0.429. The van der Waals surface area contributed by atoms with E-state index in [-0.39, 0.29) is 0 Å². The predicted molar refractivity (Wildman–Crippen MR) is 119 cm³/mol. The van der Waals surface area contributed by atoms with Crippen LogP contribution in [0.5, 0.6) is 11.5 Å². The molecule has 0 radical (unpaired) electrons. The second-order valence-corrected chi connectivity index (χ2v) is 8.63. The molecule has 170 valence electrons. The van der Waals surface area contributed by atoms with Crippen LogP contribution in [0.1, 0.15) is 19.3 Å². The molecule has 0 bridgehead atoms. The molecule has 0 spiro atoms. The molecule has 1 fully saturated rings. The van der Waals surface area contributed by atoms with Crippen molar-refractivity contribution in [3.63, 3.8) is 0 Å². The van der Waals surface area contributed by atoms with E-state index in [1.165, 1.54) is 16.7 Å². The predicted octanol–water partition coefficient (Wildman–Crippen LogP) is 3.31. The van der Waals surface area contributed by atoms with Crippen LogP contribution in [-0.2, 0) is 6.54 Å². The van der Waals surface area contributed by atoms with Crippen molar-refractivity contribution in [3.05, 3.63) is 24.5 Å². The number of hydrogen-bond donors (Lipinski definition) is 2. The Morgan fingerprint density at radius 2 is 2.03 bits per heavy atom. The van der Waals surface area contributed by atoms with Gasteiger partial charge < -0.3 is 29.8 Å². The SMILES string of the molecule is COc1ccc(OC)c(Sc2nc3c(N)ncn(CCC4CCN(C(=O)O)CC4)c-3n2)c1. The van der Waals surface area contributed by atoms with Crippen molar-refractivity contribution in [1.82, 2.24) is 24.4 Å². The van der Waals surface area contributed by atoms with Gasteiger partial charge in [0.1, 0.15) is 11.5 Å². The monoisotopic (exact) mass is 458 g/mol. The van der Waals surface area contributed by atoms with Crippen molar-refractivity contribution < 1.29 is 19.4 Å². The summed E-state index contributed by atoms with van der Waals surface area (Å²) in [5, 5.41) is 9.67. The molecule has 4 rings (SSSR count). The first-order valence-electron chi connectivity index (χ1n) is 10.3. The first-order chi connectivity index (χ1) is 15.5. The largest absolute Gasteiger partial charge is 0.497 e. The molecule has 1 amide bonds. The number of ether oxygens (including phenoxy) is 2. The van der Waals surface area contributed by atoms with E-state index >= 15 is 0 Å². The third-order valence-corrected chi connectivity index (χ3v) is 6.61. The second-order valence-electron chi connectivity index (χ2n) is 7.62. The lowest BCUT2D eigenvalue weighted by Crippen LogP contribution is -2.37. The fourth-order valence-corrected chi connectivity index (χ4v) is 4.73. The number of likely N-dealkylation sites (tertiary alicyclic amines) is 1. The molecule has 1 aromatic rings. The Bertz CT molecular complexity index is 1070. The number of carboxylic acid groups (broad SMARTS) is 1. The van der Waals surface area contributed by atoms with Gasteiger partial charge >= 0.3 is 6.09 Å². The van der Waals surface area contributed by atoms with Crippen LogP contribution in [0.3, 0.4) is 0 Å². The van der Waals surface area contributed by atoms with Gasteiger partial charge in [0.05, 0.1) is 25.4 Å². The number of nitrogens with zero attached hydrogens (tertiary/aromatic N) is 5. The number of aromatic nitrogens is 4. The highest BCUT2D eigenvalue weighted by atomic mass is 32.2. The maximum Gasteiger partial charge on any atom is 0.407 e. The van der Waals surface area contributed by atoms with Crippen LogP contribution in [0.15, 0.2) is 34.6 Å². The zero-order valence-corrected chi connectivity index (χ0v) is 18.8. The minimum Gasteiger partial charge on any atom is -0.497 e. The number of hydrogen-bond acceptors (Lipinski definition) is 8. The number of amides is 1. The highest BCUT2D eigenvalue weighted by molar-refractivity contribution is 7.99. The molecule has 0 saturated carbocycles. The molecule has 1 aromatic carbocycles. The molecular weight excluding hydrogens is 432 g/mol. The van der Waals surface area contributed by atoms with Crippen molar-refractivity contribution in [2.75, 3.05) is 33.0 Å². The van der Waals surface area contributed by atoms with Crippen molar-refractivity contribution in [2.45, 2.75) is 35.9 Å². The molecule has 0 unspecified atom stereocenters. The van der Waals surface area contributed by atoms with Gasteiger partial charge in [0.15, 0.2) is 22.5 Å². The molecule has 0 aliphatic carbocycles. The zero-order valence-electron chi connectivity index (χ0n) is 18.0. The van der Waals surface area contributed by atoms with Gasteiger partial charge in [0.2, 0.25) is 0 Å². The van der Waals surface area contributed by atoms with Crippen LogP contribution in [0, 0.1) is 5.92 Å². The smallest absolute Gasteiger partial charge is 0.407 e. The van der Waals surface area contributed by atoms with Crippen molar-refractivity contribution in [2.24, 2.45) is 5.92 Å². The molecule has 0 atom stereocenters. The Hall–Kier alpha value is -3.21. The Kier molecular flexibility index (Phi) is 6.54. The van der Waals surface area contributed by atoms with Gasteiger partial charge in [-0.2, -0.15) is 0 Å². The van der Waals surface area contributed by atoms with E-state index in [1.54, 1.807) is 20.5 Å². The van der Waals surface area contributed by atoms with E-state index in [9.17, 15) is 4.79 Å². The molecule has 0 aromatic heterocycles. The minimum atomic E-state index is -0.841.